The molecule has 0 aliphatic carbocycles. The monoisotopic (exact) mass is 426 g/mol. The Morgan fingerprint density at radius 3 is 2.28 bits per heavy atom. The van der Waals surface area contributed by atoms with Crippen LogP contribution in [0.2, 0.25) is 0 Å². The van der Waals surface area contributed by atoms with Crippen molar-refractivity contribution in [2.75, 3.05) is 26.2 Å². The summed E-state index contributed by atoms with van der Waals surface area (Å²) in [5, 5.41) is 7.86. The average molecular weight is 426 g/mol. The van der Waals surface area contributed by atoms with Crippen LogP contribution in [-0.4, -0.2) is 70.7 Å². The van der Waals surface area contributed by atoms with E-state index in [1.165, 1.54) is 0 Å². The predicted molar refractivity (Wildman–Crippen MR) is 87.5 cm³/mol. The number of alkyl halides is 6. The van der Waals surface area contributed by atoms with Gasteiger partial charge in [-0.15, -0.1) is 0 Å². The Kier molecular flexibility index (Phi) is 5.93. The number of carbonyl (C=O) groups excluding carboxylic acids is 1. The number of hydrogen-bond donors (Lipinski definition) is 0. The molecule has 2 saturated heterocycles. The van der Waals surface area contributed by atoms with E-state index in [0.717, 1.165) is 30.1 Å². The molecule has 0 N–H and O–H groups in total. The third-order valence-electron chi connectivity index (χ3n) is 5.43. The molecule has 0 saturated carbocycles. The molecule has 2 aliphatic rings. The van der Waals surface area contributed by atoms with Crippen LogP contribution in [0.15, 0.2) is 18.3 Å². The first-order chi connectivity index (χ1) is 13.5. The standard InChI is InChI=1S/C17H20F6N4O2/c18-16(19,20)13(17(21,22)23)29-14(28)27-8-4-15(5-9-27)3-7-26(11-15)10-12-2-1-6-24-25-12/h1-2,6,13H,3-5,7-11H2. The van der Waals surface area contributed by atoms with E-state index in [4.69, 9.17) is 0 Å². The molecule has 1 aromatic heterocycles. The predicted octanol–water partition coefficient (Wildman–Crippen LogP) is 3.39. The Balaban J connectivity index is 1.53. The Hall–Kier alpha value is -2.11. The van der Waals surface area contributed by atoms with Gasteiger partial charge in [-0.3, -0.25) is 4.90 Å². The summed E-state index contributed by atoms with van der Waals surface area (Å²) >= 11 is 0. The van der Waals surface area contributed by atoms with Gasteiger partial charge in [-0.1, -0.05) is 0 Å². The molecule has 1 spiro atoms. The zero-order chi connectivity index (χ0) is 21.3. The summed E-state index contributed by atoms with van der Waals surface area (Å²) in [6.07, 6.45) is -13.7. The minimum Gasteiger partial charge on any atom is -0.426 e. The number of amides is 1. The topological polar surface area (TPSA) is 58.6 Å². The van der Waals surface area contributed by atoms with Crippen molar-refractivity contribution >= 4 is 6.09 Å². The number of hydrogen-bond acceptors (Lipinski definition) is 5. The molecule has 162 valence electrons. The summed E-state index contributed by atoms with van der Waals surface area (Å²) in [4.78, 5) is 15.0. The summed E-state index contributed by atoms with van der Waals surface area (Å²) in [5.41, 5.74) is 0.697. The van der Waals surface area contributed by atoms with Crippen molar-refractivity contribution < 1.29 is 35.9 Å². The molecule has 6 nitrogen and oxygen atoms in total. The zero-order valence-corrected chi connectivity index (χ0v) is 15.3. The number of likely N-dealkylation sites (tertiary alicyclic amines) is 2. The van der Waals surface area contributed by atoms with Gasteiger partial charge in [-0.2, -0.15) is 36.5 Å². The maximum Gasteiger partial charge on any atom is 0.434 e. The molecule has 0 bridgehead atoms. The lowest BCUT2D eigenvalue weighted by Crippen LogP contribution is -2.50. The smallest absolute Gasteiger partial charge is 0.426 e. The highest BCUT2D eigenvalue weighted by Crippen LogP contribution is 2.41. The van der Waals surface area contributed by atoms with Crippen LogP contribution in [0.3, 0.4) is 0 Å². The van der Waals surface area contributed by atoms with Crippen molar-refractivity contribution in [3.05, 3.63) is 24.0 Å². The number of aromatic nitrogens is 2. The SMILES string of the molecule is O=C(OC(C(F)(F)F)C(F)(F)F)N1CCC2(CCN(Cc3cccnn3)C2)CC1. The molecule has 0 atom stereocenters. The fraction of sp³-hybridized carbons (Fsp3) is 0.706. The first kappa shape index (κ1) is 21.6. The summed E-state index contributed by atoms with van der Waals surface area (Å²) in [7, 11) is 0. The van der Waals surface area contributed by atoms with Gasteiger partial charge >= 0.3 is 18.4 Å². The third-order valence-corrected chi connectivity index (χ3v) is 5.43. The molecule has 1 amide bonds. The second-order valence-corrected chi connectivity index (χ2v) is 7.51. The molecule has 29 heavy (non-hydrogen) atoms. The van der Waals surface area contributed by atoms with E-state index in [9.17, 15) is 31.1 Å². The van der Waals surface area contributed by atoms with Crippen LogP contribution in [0, 0.1) is 5.41 Å². The summed E-state index contributed by atoms with van der Waals surface area (Å²) < 4.78 is 79.2. The molecule has 0 aromatic carbocycles. The van der Waals surface area contributed by atoms with Crippen molar-refractivity contribution in [2.24, 2.45) is 5.41 Å². The van der Waals surface area contributed by atoms with E-state index in [-0.39, 0.29) is 18.5 Å². The van der Waals surface area contributed by atoms with Gasteiger partial charge in [0, 0.05) is 32.4 Å². The number of rotatable bonds is 3. The van der Waals surface area contributed by atoms with Crippen LogP contribution in [0.1, 0.15) is 25.0 Å². The average Bonchev–Trinajstić information content (AvgIpc) is 3.01. The van der Waals surface area contributed by atoms with Crippen molar-refractivity contribution in [1.82, 2.24) is 20.0 Å². The Morgan fingerprint density at radius 1 is 1.10 bits per heavy atom. The lowest BCUT2D eigenvalue weighted by molar-refractivity contribution is -0.308. The molecular formula is C17H20F6N4O2. The summed E-state index contributed by atoms with van der Waals surface area (Å²) in [6.45, 7) is 2.24. The molecular weight excluding hydrogens is 406 g/mol. The second-order valence-electron chi connectivity index (χ2n) is 7.51. The molecule has 2 aliphatic heterocycles. The van der Waals surface area contributed by atoms with Crippen molar-refractivity contribution in [3.8, 4) is 0 Å². The highest BCUT2D eigenvalue weighted by molar-refractivity contribution is 5.68. The van der Waals surface area contributed by atoms with Crippen LogP contribution >= 0.6 is 0 Å². The number of carbonyl (C=O) groups is 1. The Labute approximate surface area is 162 Å². The molecule has 1 aromatic rings. The molecule has 2 fully saturated rings. The highest BCUT2D eigenvalue weighted by atomic mass is 19.4. The van der Waals surface area contributed by atoms with Gasteiger partial charge in [0.15, 0.2) is 0 Å². The van der Waals surface area contributed by atoms with E-state index in [2.05, 4.69) is 19.8 Å². The van der Waals surface area contributed by atoms with Gasteiger partial charge < -0.3 is 9.64 Å². The van der Waals surface area contributed by atoms with E-state index >= 15 is 0 Å². The number of nitrogens with zero attached hydrogens (tertiary/aromatic N) is 4. The van der Waals surface area contributed by atoms with E-state index in [1.807, 2.05) is 6.07 Å². The summed E-state index contributed by atoms with van der Waals surface area (Å²) in [6, 6.07) is 3.64. The normalized spacial score (nSPS) is 20.4. The van der Waals surface area contributed by atoms with Gasteiger partial charge in [0.2, 0.25) is 0 Å². The van der Waals surface area contributed by atoms with Crippen molar-refractivity contribution in [2.45, 2.75) is 44.3 Å². The molecule has 0 unspecified atom stereocenters. The summed E-state index contributed by atoms with van der Waals surface area (Å²) in [5.74, 6) is 0. The fourth-order valence-electron chi connectivity index (χ4n) is 3.88. The molecule has 0 radical (unpaired) electrons. The first-order valence-corrected chi connectivity index (χ1v) is 9.06. The van der Waals surface area contributed by atoms with Crippen LogP contribution in [0.5, 0.6) is 0 Å². The lowest BCUT2D eigenvalue weighted by Gasteiger charge is -2.39. The van der Waals surface area contributed by atoms with Gasteiger partial charge in [0.05, 0.1) is 5.69 Å². The van der Waals surface area contributed by atoms with Crippen LogP contribution in [-0.2, 0) is 11.3 Å². The Bertz CT molecular complexity index is 690. The minimum absolute atomic E-state index is 0.0558. The second kappa shape index (κ2) is 7.96. The van der Waals surface area contributed by atoms with Crippen molar-refractivity contribution in [3.63, 3.8) is 0 Å². The van der Waals surface area contributed by atoms with Gasteiger partial charge in [-0.05, 0) is 43.4 Å². The molecule has 3 rings (SSSR count). The fourth-order valence-corrected chi connectivity index (χ4v) is 3.88. The lowest BCUT2D eigenvalue weighted by atomic mass is 9.78. The quantitative estimate of drug-likeness (QED) is 0.694. The zero-order valence-electron chi connectivity index (χ0n) is 15.3. The molecule has 12 heteroatoms. The van der Waals surface area contributed by atoms with E-state index in [0.29, 0.717) is 19.4 Å². The third kappa shape index (κ3) is 5.28. The van der Waals surface area contributed by atoms with Gasteiger partial charge in [0.25, 0.3) is 6.10 Å². The van der Waals surface area contributed by atoms with Gasteiger partial charge in [0.1, 0.15) is 0 Å². The Morgan fingerprint density at radius 2 is 1.72 bits per heavy atom. The van der Waals surface area contributed by atoms with Crippen LogP contribution in [0.25, 0.3) is 0 Å². The van der Waals surface area contributed by atoms with Crippen LogP contribution in [0.4, 0.5) is 31.1 Å². The van der Waals surface area contributed by atoms with Gasteiger partial charge in [-0.25, -0.2) is 4.79 Å². The number of halogens is 6. The maximum absolute atomic E-state index is 12.6. The largest absolute Gasteiger partial charge is 0.434 e. The van der Waals surface area contributed by atoms with E-state index < -0.39 is 24.5 Å². The van der Waals surface area contributed by atoms with Crippen molar-refractivity contribution in [1.29, 1.82) is 0 Å². The first-order valence-electron chi connectivity index (χ1n) is 9.06. The maximum atomic E-state index is 12.6. The number of piperidine rings is 1. The molecule has 3 heterocycles. The minimum atomic E-state index is -5.71. The highest BCUT2D eigenvalue weighted by Gasteiger charge is 2.60. The number of ether oxygens (including phenoxy) is 1. The van der Waals surface area contributed by atoms with E-state index in [1.54, 1.807) is 12.3 Å². The van der Waals surface area contributed by atoms with Crippen LogP contribution < -0.4 is 0 Å².